The second-order valence-electron chi connectivity index (χ2n) is 3.60. The topological polar surface area (TPSA) is 61.6 Å². The van der Waals surface area contributed by atoms with E-state index in [0.717, 1.165) is 11.3 Å². The highest BCUT2D eigenvalue weighted by Crippen LogP contribution is 2.26. The summed E-state index contributed by atoms with van der Waals surface area (Å²) in [5.74, 6) is 0.412. The smallest absolute Gasteiger partial charge is 0.224 e. The van der Waals surface area contributed by atoms with Gasteiger partial charge in [0.15, 0.2) is 5.82 Å². The SMILES string of the molecule is Cc1ccc(C#N)cc1Nc1nc(Cl)ncc1Cl. The third kappa shape index (κ3) is 2.70. The van der Waals surface area contributed by atoms with Gasteiger partial charge < -0.3 is 5.32 Å². The molecule has 0 atom stereocenters. The first-order valence-electron chi connectivity index (χ1n) is 5.06. The second-order valence-corrected chi connectivity index (χ2v) is 4.35. The molecule has 1 N–H and O–H groups in total. The Morgan fingerprint density at radius 1 is 1.33 bits per heavy atom. The van der Waals surface area contributed by atoms with Gasteiger partial charge in [-0.1, -0.05) is 17.7 Å². The molecule has 2 aromatic rings. The quantitative estimate of drug-likeness (QED) is 0.851. The summed E-state index contributed by atoms with van der Waals surface area (Å²) in [5, 5.41) is 12.4. The van der Waals surface area contributed by atoms with Crippen LogP contribution in [-0.2, 0) is 0 Å². The molecule has 4 nitrogen and oxygen atoms in total. The average Bonchev–Trinajstić information content (AvgIpc) is 2.36. The number of hydrogen-bond donors (Lipinski definition) is 1. The van der Waals surface area contributed by atoms with E-state index in [1.54, 1.807) is 12.1 Å². The molecule has 0 amide bonds. The van der Waals surface area contributed by atoms with E-state index >= 15 is 0 Å². The number of hydrogen-bond acceptors (Lipinski definition) is 4. The van der Waals surface area contributed by atoms with Crippen molar-refractivity contribution in [2.24, 2.45) is 0 Å². The summed E-state index contributed by atoms with van der Waals surface area (Å²) in [5.41, 5.74) is 2.28. The number of aromatic nitrogens is 2. The fourth-order valence-electron chi connectivity index (χ4n) is 1.39. The number of rotatable bonds is 2. The van der Waals surface area contributed by atoms with Crippen LogP contribution in [0.5, 0.6) is 0 Å². The van der Waals surface area contributed by atoms with Crippen LogP contribution in [-0.4, -0.2) is 9.97 Å². The maximum Gasteiger partial charge on any atom is 0.224 e. The number of nitriles is 1. The number of aryl methyl sites for hydroxylation is 1. The summed E-state index contributed by atoms with van der Waals surface area (Å²) >= 11 is 11.7. The monoisotopic (exact) mass is 278 g/mol. The largest absolute Gasteiger partial charge is 0.339 e. The van der Waals surface area contributed by atoms with Crippen molar-refractivity contribution in [2.45, 2.75) is 6.92 Å². The molecule has 0 spiro atoms. The summed E-state index contributed by atoms with van der Waals surface area (Å²) < 4.78 is 0. The van der Waals surface area contributed by atoms with Gasteiger partial charge in [0.2, 0.25) is 5.28 Å². The number of nitrogens with one attached hydrogen (secondary N) is 1. The van der Waals surface area contributed by atoms with Crippen molar-refractivity contribution in [3.8, 4) is 6.07 Å². The van der Waals surface area contributed by atoms with Crippen LogP contribution in [0.4, 0.5) is 11.5 Å². The summed E-state index contributed by atoms with van der Waals surface area (Å²) in [6.07, 6.45) is 1.42. The van der Waals surface area contributed by atoms with Crippen LogP contribution >= 0.6 is 23.2 Å². The predicted octanol–water partition coefficient (Wildman–Crippen LogP) is 3.71. The summed E-state index contributed by atoms with van der Waals surface area (Å²) in [4.78, 5) is 7.76. The normalized spacial score (nSPS) is 9.89. The number of halogens is 2. The first kappa shape index (κ1) is 12.6. The molecule has 2 rings (SSSR count). The van der Waals surface area contributed by atoms with E-state index in [1.165, 1.54) is 6.20 Å². The van der Waals surface area contributed by atoms with Crippen molar-refractivity contribution in [2.75, 3.05) is 5.32 Å². The molecule has 0 aliphatic rings. The Bertz CT molecular complexity index is 634. The van der Waals surface area contributed by atoms with Crippen molar-refractivity contribution >= 4 is 34.7 Å². The lowest BCUT2D eigenvalue weighted by atomic mass is 10.1. The van der Waals surface area contributed by atoms with Crippen LogP contribution in [0.1, 0.15) is 11.1 Å². The van der Waals surface area contributed by atoms with Crippen LogP contribution < -0.4 is 5.32 Å². The van der Waals surface area contributed by atoms with Crippen molar-refractivity contribution in [1.82, 2.24) is 9.97 Å². The number of nitrogens with zero attached hydrogens (tertiary/aromatic N) is 3. The zero-order valence-corrected chi connectivity index (χ0v) is 10.9. The van der Waals surface area contributed by atoms with Crippen LogP contribution in [0.2, 0.25) is 10.3 Å². The summed E-state index contributed by atoms with van der Waals surface area (Å²) in [6, 6.07) is 7.39. The standard InChI is InChI=1S/C12H8Cl2N4/c1-7-2-3-8(5-15)4-10(7)17-11-9(13)6-16-12(14)18-11/h2-4,6H,1H3,(H,16,17,18). The maximum absolute atomic E-state index is 8.87. The average molecular weight is 279 g/mol. The van der Waals surface area contributed by atoms with Gasteiger partial charge in [-0.2, -0.15) is 10.2 Å². The fraction of sp³-hybridized carbons (Fsp3) is 0.0833. The molecular formula is C12H8Cl2N4. The molecule has 0 aliphatic heterocycles. The first-order chi connectivity index (χ1) is 8.60. The fourth-order valence-corrected chi connectivity index (χ4v) is 1.66. The molecule has 0 saturated carbocycles. The first-order valence-corrected chi connectivity index (χ1v) is 5.81. The Morgan fingerprint density at radius 2 is 2.11 bits per heavy atom. The van der Waals surface area contributed by atoms with E-state index in [0.29, 0.717) is 16.4 Å². The molecule has 0 bridgehead atoms. The Balaban J connectivity index is 2.39. The lowest BCUT2D eigenvalue weighted by Gasteiger charge is -2.10. The van der Waals surface area contributed by atoms with Gasteiger partial charge in [-0.15, -0.1) is 0 Å². The minimum atomic E-state index is 0.107. The minimum Gasteiger partial charge on any atom is -0.339 e. The highest BCUT2D eigenvalue weighted by atomic mass is 35.5. The van der Waals surface area contributed by atoms with Gasteiger partial charge >= 0.3 is 0 Å². The van der Waals surface area contributed by atoms with Crippen molar-refractivity contribution in [1.29, 1.82) is 5.26 Å². The van der Waals surface area contributed by atoms with Crippen molar-refractivity contribution in [3.63, 3.8) is 0 Å². The molecule has 1 aromatic carbocycles. The number of anilines is 2. The van der Waals surface area contributed by atoms with Crippen molar-refractivity contribution < 1.29 is 0 Å². The van der Waals surface area contributed by atoms with Gasteiger partial charge in [0.1, 0.15) is 5.02 Å². The van der Waals surface area contributed by atoms with E-state index in [4.69, 9.17) is 28.5 Å². The van der Waals surface area contributed by atoms with Crippen molar-refractivity contribution in [3.05, 3.63) is 45.8 Å². The van der Waals surface area contributed by atoms with Gasteiger partial charge in [-0.05, 0) is 36.2 Å². The van der Waals surface area contributed by atoms with Gasteiger partial charge in [0.25, 0.3) is 0 Å². The van der Waals surface area contributed by atoms with Gasteiger partial charge in [0, 0.05) is 5.69 Å². The Labute approximate surface area is 114 Å². The third-order valence-electron chi connectivity index (χ3n) is 2.33. The number of benzene rings is 1. The van der Waals surface area contributed by atoms with E-state index in [-0.39, 0.29) is 5.28 Å². The summed E-state index contributed by atoms with van der Waals surface area (Å²) in [6.45, 7) is 1.92. The highest BCUT2D eigenvalue weighted by Gasteiger charge is 2.07. The molecule has 0 aliphatic carbocycles. The molecule has 1 heterocycles. The minimum absolute atomic E-state index is 0.107. The van der Waals surface area contributed by atoms with E-state index < -0.39 is 0 Å². The van der Waals surface area contributed by atoms with Gasteiger partial charge in [-0.3, -0.25) is 0 Å². The van der Waals surface area contributed by atoms with E-state index in [1.807, 2.05) is 13.0 Å². The maximum atomic E-state index is 8.87. The second kappa shape index (κ2) is 5.21. The predicted molar refractivity (Wildman–Crippen MR) is 71.2 cm³/mol. The van der Waals surface area contributed by atoms with Crippen LogP contribution in [0.15, 0.2) is 24.4 Å². The Kier molecular flexibility index (Phi) is 3.66. The molecule has 18 heavy (non-hydrogen) atoms. The molecule has 0 saturated heterocycles. The Hall–Kier alpha value is -1.83. The highest BCUT2D eigenvalue weighted by molar-refractivity contribution is 6.33. The molecule has 6 heteroatoms. The molecule has 0 radical (unpaired) electrons. The zero-order chi connectivity index (χ0) is 13.1. The van der Waals surface area contributed by atoms with Gasteiger partial charge in [-0.25, -0.2) is 4.98 Å². The van der Waals surface area contributed by atoms with Crippen LogP contribution in [0.25, 0.3) is 0 Å². The van der Waals surface area contributed by atoms with E-state index in [9.17, 15) is 0 Å². The van der Waals surface area contributed by atoms with Gasteiger partial charge in [0.05, 0.1) is 17.8 Å². The molecule has 1 aromatic heterocycles. The Morgan fingerprint density at radius 3 is 2.83 bits per heavy atom. The van der Waals surface area contributed by atoms with E-state index in [2.05, 4.69) is 21.4 Å². The van der Waals surface area contributed by atoms with Crippen LogP contribution in [0.3, 0.4) is 0 Å². The molecule has 0 unspecified atom stereocenters. The molecule has 90 valence electrons. The van der Waals surface area contributed by atoms with Crippen LogP contribution in [0, 0.1) is 18.3 Å². The lowest BCUT2D eigenvalue weighted by molar-refractivity contribution is 1.16. The molecular weight excluding hydrogens is 271 g/mol. The lowest BCUT2D eigenvalue weighted by Crippen LogP contribution is -1.98. The molecule has 0 fully saturated rings. The third-order valence-corrected chi connectivity index (χ3v) is 2.79. The summed E-state index contributed by atoms with van der Waals surface area (Å²) in [7, 11) is 0. The zero-order valence-electron chi connectivity index (χ0n) is 9.41.